The lowest BCUT2D eigenvalue weighted by atomic mass is 10.1. The summed E-state index contributed by atoms with van der Waals surface area (Å²) in [6, 6.07) is 20.6. The highest BCUT2D eigenvalue weighted by Crippen LogP contribution is 2.38. The first-order valence-electron chi connectivity index (χ1n) is 14.3. The molecular weight excluding hydrogens is 520 g/mol. The quantitative estimate of drug-likeness (QED) is 0.179. The fourth-order valence-corrected chi connectivity index (χ4v) is 5.56. The number of anilines is 2. The van der Waals surface area contributed by atoms with Gasteiger partial charge in [-0.05, 0) is 92.5 Å². The minimum Gasteiger partial charge on any atom is -0.454 e. The minimum atomic E-state index is -0.241. The van der Waals surface area contributed by atoms with E-state index in [-0.39, 0.29) is 18.5 Å². The first-order chi connectivity index (χ1) is 20.2. The number of carbonyl (C=O) groups excluding carboxylic acids is 1. The molecule has 0 spiro atoms. The molecule has 1 saturated heterocycles. The number of hydrogen-bond donors (Lipinski definition) is 0. The Morgan fingerprint density at radius 2 is 1.66 bits per heavy atom. The predicted molar refractivity (Wildman–Crippen MR) is 158 cm³/mol. The molecule has 1 amide bonds. The lowest BCUT2D eigenvalue weighted by molar-refractivity contribution is -0.117. The maximum atomic E-state index is 13.6. The molecule has 41 heavy (non-hydrogen) atoms. The molecule has 6 rings (SSSR count). The summed E-state index contributed by atoms with van der Waals surface area (Å²) in [5.74, 6) is 1.96. The molecule has 212 valence electrons. The standard InChI is InChI=1S/C32H34N4O5/c37-32-31(20-24-10-13-26(14-11-24)36(33-38)19-7-18-34-16-5-1-2-6-17-34)41-28-9-4-3-8-27(28)35(32)22-25-12-15-29-30(21-25)40-23-39-29/h3-4,8-15,20-21H,1-2,5-7,16-19,22-23H2/b31-20-. The van der Waals surface area contributed by atoms with Gasteiger partial charge in [-0.15, -0.1) is 4.91 Å². The number of nitroso groups, excluding NO2 is 1. The van der Waals surface area contributed by atoms with Crippen molar-refractivity contribution in [2.24, 2.45) is 5.29 Å². The van der Waals surface area contributed by atoms with Gasteiger partial charge >= 0.3 is 0 Å². The highest BCUT2D eigenvalue weighted by atomic mass is 16.7. The predicted octanol–water partition coefficient (Wildman–Crippen LogP) is 6.14. The van der Waals surface area contributed by atoms with Crippen LogP contribution in [0.1, 0.15) is 43.2 Å². The van der Waals surface area contributed by atoms with Crippen molar-refractivity contribution in [2.45, 2.75) is 38.6 Å². The summed E-state index contributed by atoms with van der Waals surface area (Å²) in [6.45, 7) is 4.36. The zero-order valence-corrected chi connectivity index (χ0v) is 23.0. The van der Waals surface area contributed by atoms with Crippen molar-refractivity contribution in [1.82, 2.24) is 4.90 Å². The van der Waals surface area contributed by atoms with E-state index in [0.29, 0.717) is 36.0 Å². The van der Waals surface area contributed by atoms with E-state index in [1.807, 2.05) is 66.7 Å². The SMILES string of the molecule is O=NN(CCCN1CCCCCC1)c1ccc(/C=C2\Oc3ccccc3N(Cc3ccc4c(c3)OCO4)C2=O)cc1. The molecule has 0 bridgehead atoms. The van der Waals surface area contributed by atoms with Gasteiger partial charge in [0.2, 0.25) is 6.79 Å². The van der Waals surface area contributed by atoms with Gasteiger partial charge in [-0.25, -0.2) is 5.01 Å². The van der Waals surface area contributed by atoms with Gasteiger partial charge in [-0.3, -0.25) is 9.69 Å². The van der Waals surface area contributed by atoms with Crippen LogP contribution in [0.5, 0.6) is 17.2 Å². The first kappa shape index (κ1) is 26.8. The van der Waals surface area contributed by atoms with Gasteiger partial charge in [0.15, 0.2) is 23.0 Å². The number of ether oxygens (including phenoxy) is 3. The van der Waals surface area contributed by atoms with Crippen molar-refractivity contribution in [3.63, 3.8) is 0 Å². The lowest BCUT2D eigenvalue weighted by Crippen LogP contribution is -2.36. The third-order valence-corrected chi connectivity index (χ3v) is 7.74. The summed E-state index contributed by atoms with van der Waals surface area (Å²) >= 11 is 0. The Kier molecular flexibility index (Phi) is 8.13. The van der Waals surface area contributed by atoms with E-state index in [9.17, 15) is 9.70 Å². The van der Waals surface area contributed by atoms with E-state index in [2.05, 4.69) is 10.2 Å². The van der Waals surface area contributed by atoms with E-state index in [4.69, 9.17) is 14.2 Å². The summed E-state index contributed by atoms with van der Waals surface area (Å²) in [5.41, 5.74) is 3.13. The number of amides is 1. The van der Waals surface area contributed by atoms with Crippen LogP contribution in [-0.2, 0) is 11.3 Å². The molecule has 0 saturated carbocycles. The van der Waals surface area contributed by atoms with E-state index >= 15 is 0 Å². The second-order valence-electron chi connectivity index (χ2n) is 10.6. The smallest absolute Gasteiger partial charge is 0.294 e. The third kappa shape index (κ3) is 6.20. The zero-order valence-electron chi connectivity index (χ0n) is 23.0. The fourth-order valence-electron chi connectivity index (χ4n) is 5.56. The summed E-state index contributed by atoms with van der Waals surface area (Å²) < 4.78 is 17.0. The largest absolute Gasteiger partial charge is 0.454 e. The third-order valence-electron chi connectivity index (χ3n) is 7.74. The molecule has 3 heterocycles. The number of rotatable bonds is 9. The summed E-state index contributed by atoms with van der Waals surface area (Å²) in [5, 5.41) is 4.76. The van der Waals surface area contributed by atoms with Crippen molar-refractivity contribution in [1.29, 1.82) is 0 Å². The van der Waals surface area contributed by atoms with Crippen LogP contribution in [0.2, 0.25) is 0 Å². The Morgan fingerprint density at radius 3 is 2.46 bits per heavy atom. The lowest BCUT2D eigenvalue weighted by Gasteiger charge is -2.30. The van der Waals surface area contributed by atoms with Crippen molar-refractivity contribution >= 4 is 23.4 Å². The molecule has 3 aromatic carbocycles. The number of fused-ring (bicyclic) bond motifs is 2. The van der Waals surface area contributed by atoms with Crippen LogP contribution >= 0.6 is 0 Å². The molecular formula is C32H34N4O5. The fraction of sp³-hybridized carbons (Fsp3) is 0.344. The van der Waals surface area contributed by atoms with Crippen molar-refractivity contribution in [2.75, 3.05) is 42.9 Å². The van der Waals surface area contributed by atoms with Crippen LogP contribution in [0.3, 0.4) is 0 Å². The van der Waals surface area contributed by atoms with Crippen LogP contribution in [0.4, 0.5) is 11.4 Å². The van der Waals surface area contributed by atoms with Gasteiger partial charge in [-0.1, -0.05) is 43.2 Å². The Balaban J connectivity index is 1.15. The number of hydrogen-bond acceptors (Lipinski definition) is 7. The number of benzene rings is 3. The molecule has 1 fully saturated rings. The molecule has 0 atom stereocenters. The average Bonchev–Trinajstić information content (AvgIpc) is 3.32. The number of para-hydroxylation sites is 2. The van der Waals surface area contributed by atoms with Crippen molar-refractivity contribution < 1.29 is 19.0 Å². The number of carbonyl (C=O) groups is 1. The van der Waals surface area contributed by atoms with E-state index < -0.39 is 0 Å². The molecule has 3 aliphatic heterocycles. The molecule has 0 radical (unpaired) electrons. The van der Waals surface area contributed by atoms with E-state index in [1.165, 1.54) is 30.7 Å². The number of nitrogens with zero attached hydrogens (tertiary/aromatic N) is 4. The van der Waals surface area contributed by atoms with Crippen LogP contribution < -0.4 is 24.1 Å². The van der Waals surface area contributed by atoms with Gasteiger partial charge < -0.3 is 19.1 Å². The van der Waals surface area contributed by atoms with Crippen molar-refractivity contribution in [3.05, 3.63) is 88.5 Å². The summed E-state index contributed by atoms with van der Waals surface area (Å²) in [6.07, 6.45) is 7.72. The molecule has 0 unspecified atom stereocenters. The molecule has 0 N–H and O–H groups in total. The average molecular weight is 555 g/mol. The molecule has 3 aliphatic rings. The number of likely N-dealkylation sites (tertiary alicyclic amines) is 1. The molecule has 9 nitrogen and oxygen atoms in total. The van der Waals surface area contributed by atoms with Gasteiger partial charge in [0.05, 0.1) is 23.2 Å². The Labute approximate surface area is 239 Å². The second-order valence-corrected chi connectivity index (χ2v) is 10.6. The van der Waals surface area contributed by atoms with Crippen LogP contribution in [0, 0.1) is 4.91 Å². The highest BCUT2D eigenvalue weighted by molar-refractivity contribution is 6.09. The highest BCUT2D eigenvalue weighted by Gasteiger charge is 2.30. The second kappa shape index (κ2) is 12.4. The van der Waals surface area contributed by atoms with Gasteiger partial charge in [-0.2, -0.15) is 0 Å². The van der Waals surface area contributed by atoms with E-state index in [1.54, 1.807) is 11.0 Å². The Hall–Kier alpha value is -4.37. The molecule has 3 aromatic rings. The molecule has 9 heteroatoms. The monoisotopic (exact) mass is 554 g/mol. The Bertz CT molecular complexity index is 1420. The summed E-state index contributed by atoms with van der Waals surface area (Å²) in [4.78, 5) is 29.4. The first-order valence-corrected chi connectivity index (χ1v) is 14.3. The van der Waals surface area contributed by atoms with Gasteiger partial charge in [0.1, 0.15) is 0 Å². The maximum absolute atomic E-state index is 13.6. The normalized spacial score (nSPS) is 17.6. The van der Waals surface area contributed by atoms with E-state index in [0.717, 1.165) is 42.9 Å². The van der Waals surface area contributed by atoms with Crippen LogP contribution in [-0.4, -0.2) is 43.8 Å². The Morgan fingerprint density at radius 1 is 0.878 bits per heavy atom. The molecule has 0 aliphatic carbocycles. The minimum absolute atomic E-state index is 0.197. The zero-order chi connectivity index (χ0) is 28.0. The maximum Gasteiger partial charge on any atom is 0.294 e. The topological polar surface area (TPSA) is 83.9 Å². The summed E-state index contributed by atoms with van der Waals surface area (Å²) in [7, 11) is 0. The van der Waals surface area contributed by atoms with Crippen LogP contribution in [0.15, 0.2) is 77.8 Å². The van der Waals surface area contributed by atoms with Gasteiger partial charge in [0, 0.05) is 6.54 Å². The van der Waals surface area contributed by atoms with Crippen molar-refractivity contribution in [3.8, 4) is 17.2 Å². The van der Waals surface area contributed by atoms with Crippen LogP contribution in [0.25, 0.3) is 6.08 Å². The van der Waals surface area contributed by atoms with Gasteiger partial charge in [0.25, 0.3) is 5.91 Å². The molecule has 0 aromatic heterocycles.